The molecule has 0 aromatic heterocycles. The minimum Gasteiger partial charge on any atom is -0.355 e. The first-order valence-electron chi connectivity index (χ1n) is 8.12. The van der Waals surface area contributed by atoms with Gasteiger partial charge >= 0.3 is 0 Å². The number of nitrogens with zero attached hydrogens (tertiary/aromatic N) is 2. The first-order valence-corrected chi connectivity index (χ1v) is 8.50. The molecule has 4 nitrogen and oxygen atoms in total. The fourth-order valence-corrected chi connectivity index (χ4v) is 2.94. The zero-order valence-electron chi connectivity index (χ0n) is 13.6. The van der Waals surface area contributed by atoms with Crippen molar-refractivity contribution in [1.29, 1.82) is 0 Å². The van der Waals surface area contributed by atoms with Crippen molar-refractivity contribution in [2.24, 2.45) is 4.99 Å². The van der Waals surface area contributed by atoms with E-state index in [0.29, 0.717) is 6.04 Å². The first kappa shape index (κ1) is 17.1. The van der Waals surface area contributed by atoms with Gasteiger partial charge in [0.05, 0.1) is 0 Å². The highest BCUT2D eigenvalue weighted by atomic mass is 35.5. The van der Waals surface area contributed by atoms with E-state index in [4.69, 9.17) is 11.6 Å². The Hall–Kier alpha value is -1.26. The van der Waals surface area contributed by atoms with E-state index in [1.165, 1.54) is 31.4 Å². The third-order valence-corrected chi connectivity index (χ3v) is 4.48. The van der Waals surface area contributed by atoms with Gasteiger partial charge < -0.3 is 10.6 Å². The van der Waals surface area contributed by atoms with Crippen molar-refractivity contribution in [3.63, 3.8) is 0 Å². The summed E-state index contributed by atoms with van der Waals surface area (Å²) in [7, 11) is 1.81. The van der Waals surface area contributed by atoms with Crippen molar-refractivity contribution in [1.82, 2.24) is 15.5 Å². The van der Waals surface area contributed by atoms with Crippen LogP contribution in [0.1, 0.15) is 31.7 Å². The van der Waals surface area contributed by atoms with E-state index in [0.717, 1.165) is 30.6 Å². The number of likely N-dealkylation sites (tertiary alicyclic amines) is 1. The minimum absolute atomic E-state index is 0.708. The van der Waals surface area contributed by atoms with E-state index in [9.17, 15) is 0 Å². The van der Waals surface area contributed by atoms with Gasteiger partial charge in [0.2, 0.25) is 0 Å². The van der Waals surface area contributed by atoms with Crippen molar-refractivity contribution in [3.05, 3.63) is 34.9 Å². The molecule has 0 bridgehead atoms. The third kappa shape index (κ3) is 5.50. The SMILES string of the molecule is CN=C(NCCN1CCCCC1C)NCc1ccc(Cl)cc1. The smallest absolute Gasteiger partial charge is 0.191 e. The summed E-state index contributed by atoms with van der Waals surface area (Å²) in [5.74, 6) is 0.847. The number of nitrogens with one attached hydrogen (secondary N) is 2. The summed E-state index contributed by atoms with van der Waals surface area (Å²) in [6.07, 6.45) is 4.02. The van der Waals surface area contributed by atoms with Crippen molar-refractivity contribution in [2.75, 3.05) is 26.7 Å². The average molecular weight is 323 g/mol. The Kier molecular flexibility index (Phi) is 7.00. The number of halogens is 1. The molecule has 1 atom stereocenters. The Labute approximate surface area is 138 Å². The van der Waals surface area contributed by atoms with E-state index < -0.39 is 0 Å². The highest BCUT2D eigenvalue weighted by Gasteiger charge is 2.17. The maximum atomic E-state index is 5.89. The molecule has 0 aliphatic carbocycles. The molecular weight excluding hydrogens is 296 g/mol. The highest BCUT2D eigenvalue weighted by molar-refractivity contribution is 6.30. The molecule has 0 amide bonds. The summed E-state index contributed by atoms with van der Waals surface area (Å²) in [5.41, 5.74) is 1.19. The lowest BCUT2D eigenvalue weighted by molar-refractivity contribution is 0.163. The van der Waals surface area contributed by atoms with Gasteiger partial charge in [0.25, 0.3) is 0 Å². The molecule has 1 fully saturated rings. The lowest BCUT2D eigenvalue weighted by Crippen LogP contribution is -2.45. The van der Waals surface area contributed by atoms with Gasteiger partial charge in [0, 0.05) is 37.7 Å². The van der Waals surface area contributed by atoms with Gasteiger partial charge in [-0.05, 0) is 44.0 Å². The molecule has 1 aromatic rings. The van der Waals surface area contributed by atoms with Gasteiger partial charge in [0.1, 0.15) is 0 Å². The number of hydrogen-bond donors (Lipinski definition) is 2. The summed E-state index contributed by atoms with van der Waals surface area (Å²) in [6.45, 7) is 6.29. The van der Waals surface area contributed by atoms with E-state index in [1.807, 2.05) is 24.3 Å². The molecule has 1 aromatic carbocycles. The highest BCUT2D eigenvalue weighted by Crippen LogP contribution is 2.15. The number of benzene rings is 1. The lowest BCUT2D eigenvalue weighted by atomic mass is 10.0. The summed E-state index contributed by atoms with van der Waals surface area (Å²) in [5, 5.41) is 7.49. The summed E-state index contributed by atoms with van der Waals surface area (Å²) >= 11 is 5.89. The quantitative estimate of drug-likeness (QED) is 0.647. The van der Waals surface area contributed by atoms with E-state index in [2.05, 4.69) is 27.4 Å². The van der Waals surface area contributed by atoms with Crippen LogP contribution in [0.25, 0.3) is 0 Å². The predicted octanol–water partition coefficient (Wildman–Crippen LogP) is 2.88. The number of aliphatic imine (C=N–C) groups is 1. The topological polar surface area (TPSA) is 39.7 Å². The number of guanidine groups is 1. The first-order chi connectivity index (χ1) is 10.7. The van der Waals surface area contributed by atoms with Gasteiger partial charge in [-0.3, -0.25) is 9.89 Å². The van der Waals surface area contributed by atoms with Crippen LogP contribution in [0.2, 0.25) is 5.02 Å². The monoisotopic (exact) mass is 322 g/mol. The Morgan fingerprint density at radius 3 is 2.73 bits per heavy atom. The molecule has 1 heterocycles. The molecule has 22 heavy (non-hydrogen) atoms. The lowest BCUT2D eigenvalue weighted by Gasteiger charge is -2.33. The Balaban J connectivity index is 1.69. The molecule has 0 radical (unpaired) electrons. The fourth-order valence-electron chi connectivity index (χ4n) is 2.82. The van der Waals surface area contributed by atoms with Gasteiger partial charge in [-0.1, -0.05) is 30.2 Å². The molecule has 1 saturated heterocycles. The maximum absolute atomic E-state index is 5.89. The molecule has 2 rings (SSSR count). The number of hydrogen-bond acceptors (Lipinski definition) is 2. The normalized spacial score (nSPS) is 20.0. The van der Waals surface area contributed by atoms with Crippen LogP contribution in [0.4, 0.5) is 0 Å². The van der Waals surface area contributed by atoms with Crippen LogP contribution in [-0.2, 0) is 6.54 Å². The largest absolute Gasteiger partial charge is 0.355 e. The minimum atomic E-state index is 0.708. The van der Waals surface area contributed by atoms with Crippen LogP contribution < -0.4 is 10.6 Å². The second-order valence-electron chi connectivity index (χ2n) is 5.86. The number of piperidine rings is 1. The van der Waals surface area contributed by atoms with Gasteiger partial charge in [-0.2, -0.15) is 0 Å². The van der Waals surface area contributed by atoms with Crippen LogP contribution in [0.15, 0.2) is 29.3 Å². The van der Waals surface area contributed by atoms with Crippen molar-refractivity contribution >= 4 is 17.6 Å². The van der Waals surface area contributed by atoms with Crippen molar-refractivity contribution in [3.8, 4) is 0 Å². The van der Waals surface area contributed by atoms with E-state index in [1.54, 1.807) is 7.05 Å². The second kappa shape index (κ2) is 9.01. The Morgan fingerprint density at radius 2 is 2.05 bits per heavy atom. The third-order valence-electron chi connectivity index (χ3n) is 4.23. The molecule has 122 valence electrons. The zero-order chi connectivity index (χ0) is 15.8. The van der Waals surface area contributed by atoms with E-state index >= 15 is 0 Å². The molecule has 0 saturated carbocycles. The summed E-state index contributed by atoms with van der Waals surface area (Å²) in [6, 6.07) is 8.58. The number of rotatable bonds is 5. The predicted molar refractivity (Wildman–Crippen MR) is 94.5 cm³/mol. The van der Waals surface area contributed by atoms with Crippen LogP contribution in [0, 0.1) is 0 Å². The van der Waals surface area contributed by atoms with Crippen molar-refractivity contribution < 1.29 is 0 Å². The van der Waals surface area contributed by atoms with Gasteiger partial charge in [0.15, 0.2) is 5.96 Å². The van der Waals surface area contributed by atoms with E-state index in [-0.39, 0.29) is 0 Å². The standard InChI is InChI=1S/C17H27ClN4/c1-14-5-3-4-11-22(14)12-10-20-17(19-2)21-13-15-6-8-16(18)9-7-15/h6-9,14H,3-5,10-13H2,1-2H3,(H2,19,20,21). The van der Waals surface area contributed by atoms with Crippen molar-refractivity contribution in [2.45, 2.75) is 38.8 Å². The summed E-state index contributed by atoms with van der Waals surface area (Å²) in [4.78, 5) is 6.83. The van der Waals surface area contributed by atoms with Gasteiger partial charge in [-0.15, -0.1) is 0 Å². The van der Waals surface area contributed by atoms with Gasteiger partial charge in [-0.25, -0.2) is 0 Å². The fraction of sp³-hybridized carbons (Fsp3) is 0.588. The maximum Gasteiger partial charge on any atom is 0.191 e. The zero-order valence-corrected chi connectivity index (χ0v) is 14.4. The van der Waals surface area contributed by atoms with Crippen LogP contribution in [-0.4, -0.2) is 43.6 Å². The average Bonchev–Trinajstić information content (AvgIpc) is 2.54. The molecule has 0 spiro atoms. The summed E-state index contributed by atoms with van der Waals surface area (Å²) < 4.78 is 0. The van der Waals surface area contributed by atoms with Crippen LogP contribution >= 0.6 is 11.6 Å². The van der Waals surface area contributed by atoms with Crippen LogP contribution in [0.3, 0.4) is 0 Å². The molecule has 1 unspecified atom stereocenters. The molecule has 1 aliphatic rings. The van der Waals surface area contributed by atoms with Crippen LogP contribution in [0.5, 0.6) is 0 Å². The Morgan fingerprint density at radius 1 is 1.27 bits per heavy atom. The molecule has 2 N–H and O–H groups in total. The molecule has 5 heteroatoms. The Bertz CT molecular complexity index is 472. The second-order valence-corrected chi connectivity index (χ2v) is 6.30. The molecular formula is C17H27ClN4. The molecule has 1 aliphatic heterocycles.